The number of methoxy groups -OCH3 is 1. The number of carbonyl (C=O) groups excluding carboxylic acids is 1. The van der Waals surface area contributed by atoms with Crippen LogP contribution in [0.5, 0.6) is 5.75 Å². The number of piperidine rings is 1. The number of anilines is 2. The van der Waals surface area contributed by atoms with Crippen molar-refractivity contribution >= 4 is 44.0 Å². The Bertz CT molecular complexity index is 1030. The Morgan fingerprint density at radius 3 is 2.93 bits per heavy atom. The highest BCUT2D eigenvalue weighted by molar-refractivity contribution is 7.22. The molecule has 0 radical (unpaired) electrons. The average molecular weight is 412 g/mol. The van der Waals surface area contributed by atoms with E-state index in [1.165, 1.54) is 25.3 Å². The molecular formula is C20H20N4O4S. The summed E-state index contributed by atoms with van der Waals surface area (Å²) < 4.78 is 6.36. The van der Waals surface area contributed by atoms with Gasteiger partial charge in [-0.15, -0.1) is 0 Å². The Hall–Kier alpha value is -3.20. The number of nitrogens with zero attached hydrogens (tertiary/aromatic N) is 3. The second kappa shape index (κ2) is 8.04. The number of aromatic nitrogens is 1. The number of benzene rings is 2. The Morgan fingerprint density at radius 1 is 1.34 bits per heavy atom. The van der Waals surface area contributed by atoms with Crippen LogP contribution in [0.3, 0.4) is 0 Å². The molecular weight excluding hydrogens is 392 g/mol. The van der Waals surface area contributed by atoms with Crippen LogP contribution in [0.4, 0.5) is 16.5 Å². The minimum atomic E-state index is -0.495. The highest BCUT2D eigenvalue weighted by atomic mass is 32.1. The van der Waals surface area contributed by atoms with Crippen LogP contribution in [0.2, 0.25) is 0 Å². The number of para-hydroxylation sites is 1. The number of amides is 1. The van der Waals surface area contributed by atoms with Gasteiger partial charge in [-0.1, -0.05) is 23.5 Å². The van der Waals surface area contributed by atoms with Gasteiger partial charge in [0.1, 0.15) is 5.75 Å². The summed E-state index contributed by atoms with van der Waals surface area (Å²) in [7, 11) is 1.46. The van der Waals surface area contributed by atoms with Gasteiger partial charge in [-0.25, -0.2) is 4.98 Å². The molecule has 1 aliphatic heterocycles. The zero-order chi connectivity index (χ0) is 20.4. The summed E-state index contributed by atoms with van der Waals surface area (Å²) >= 11 is 1.62. The van der Waals surface area contributed by atoms with Crippen LogP contribution in [0.15, 0.2) is 42.5 Å². The topological polar surface area (TPSA) is 97.6 Å². The van der Waals surface area contributed by atoms with Crippen LogP contribution in [0.25, 0.3) is 10.2 Å². The van der Waals surface area contributed by atoms with Crippen LogP contribution in [0.1, 0.15) is 12.8 Å². The Labute approximate surface area is 171 Å². The fourth-order valence-electron chi connectivity index (χ4n) is 3.50. The van der Waals surface area contributed by atoms with E-state index in [2.05, 4.69) is 10.2 Å². The standard InChI is InChI=1S/C20H20N4O4S/c1-28-17-9-8-14(24(26)27)11-16(17)21-19(25)13-5-4-10-23(12-13)20-22-15-6-2-3-7-18(15)29-20/h2-3,6-9,11,13H,4-5,10,12H2,1H3,(H,21,25)/t13-/m0/s1. The molecule has 1 N–H and O–H groups in total. The Kier molecular flexibility index (Phi) is 5.30. The first-order valence-electron chi connectivity index (χ1n) is 9.29. The lowest BCUT2D eigenvalue weighted by molar-refractivity contribution is -0.384. The molecule has 2 aromatic carbocycles. The van der Waals surface area contributed by atoms with Crippen molar-refractivity contribution in [2.75, 3.05) is 30.4 Å². The van der Waals surface area contributed by atoms with Gasteiger partial charge in [0.25, 0.3) is 5.69 Å². The third-order valence-corrected chi connectivity index (χ3v) is 6.09. The number of fused-ring (bicyclic) bond motifs is 1. The maximum absolute atomic E-state index is 12.9. The molecule has 0 spiro atoms. The van der Waals surface area contributed by atoms with Gasteiger partial charge in [-0.05, 0) is 31.0 Å². The summed E-state index contributed by atoms with van der Waals surface area (Å²) in [6, 6.07) is 12.1. The van der Waals surface area contributed by atoms with Gasteiger partial charge < -0.3 is 15.0 Å². The smallest absolute Gasteiger partial charge is 0.271 e. The first-order valence-corrected chi connectivity index (χ1v) is 10.1. The summed E-state index contributed by atoms with van der Waals surface area (Å²) in [6.45, 7) is 1.41. The molecule has 1 amide bonds. The predicted molar refractivity (Wildman–Crippen MR) is 113 cm³/mol. The van der Waals surface area contributed by atoms with Crippen LogP contribution in [-0.2, 0) is 4.79 Å². The molecule has 0 saturated carbocycles. The molecule has 29 heavy (non-hydrogen) atoms. The highest BCUT2D eigenvalue weighted by Crippen LogP contribution is 2.33. The maximum atomic E-state index is 12.9. The lowest BCUT2D eigenvalue weighted by Crippen LogP contribution is -2.40. The summed E-state index contributed by atoms with van der Waals surface area (Å²) in [6.07, 6.45) is 1.63. The fourth-order valence-corrected chi connectivity index (χ4v) is 4.50. The van der Waals surface area contributed by atoms with E-state index in [4.69, 9.17) is 9.72 Å². The average Bonchev–Trinajstić information content (AvgIpc) is 3.18. The molecule has 8 nitrogen and oxygen atoms in total. The summed E-state index contributed by atoms with van der Waals surface area (Å²) in [5.74, 6) is -0.0165. The van der Waals surface area contributed by atoms with Gasteiger partial charge in [0.2, 0.25) is 5.91 Å². The van der Waals surface area contributed by atoms with Crippen molar-refractivity contribution in [2.24, 2.45) is 5.92 Å². The lowest BCUT2D eigenvalue weighted by Gasteiger charge is -2.31. The third kappa shape index (κ3) is 4.00. The number of rotatable bonds is 5. The number of ether oxygens (including phenoxy) is 1. The molecule has 0 bridgehead atoms. The van der Waals surface area contributed by atoms with Gasteiger partial charge in [0.05, 0.1) is 33.9 Å². The summed E-state index contributed by atoms with van der Waals surface area (Å²) in [5.41, 5.74) is 1.17. The van der Waals surface area contributed by atoms with Crippen molar-refractivity contribution < 1.29 is 14.5 Å². The first kappa shape index (κ1) is 19.1. The second-order valence-electron chi connectivity index (χ2n) is 6.88. The monoisotopic (exact) mass is 412 g/mol. The molecule has 9 heteroatoms. The van der Waals surface area contributed by atoms with Crippen LogP contribution < -0.4 is 15.0 Å². The zero-order valence-electron chi connectivity index (χ0n) is 15.8. The largest absolute Gasteiger partial charge is 0.495 e. The SMILES string of the molecule is COc1ccc([N+](=O)[O-])cc1NC(=O)[C@H]1CCCN(c2nc3ccccc3s2)C1. The minimum absolute atomic E-state index is 0.0964. The quantitative estimate of drug-likeness (QED) is 0.501. The van der Waals surface area contributed by atoms with Crippen LogP contribution in [0, 0.1) is 16.0 Å². The molecule has 150 valence electrons. The van der Waals surface area contributed by atoms with E-state index >= 15 is 0 Å². The number of non-ortho nitro benzene ring substituents is 1. The van der Waals surface area contributed by atoms with Gasteiger partial charge in [-0.3, -0.25) is 14.9 Å². The molecule has 2 heterocycles. The van der Waals surface area contributed by atoms with E-state index in [0.717, 1.165) is 34.7 Å². The zero-order valence-corrected chi connectivity index (χ0v) is 16.6. The van der Waals surface area contributed by atoms with Gasteiger partial charge in [-0.2, -0.15) is 0 Å². The fraction of sp³-hybridized carbons (Fsp3) is 0.300. The lowest BCUT2D eigenvalue weighted by atomic mass is 9.97. The maximum Gasteiger partial charge on any atom is 0.271 e. The first-order chi connectivity index (χ1) is 14.0. The van der Waals surface area contributed by atoms with E-state index in [-0.39, 0.29) is 17.5 Å². The Morgan fingerprint density at radius 2 is 2.17 bits per heavy atom. The van der Waals surface area contributed by atoms with E-state index in [0.29, 0.717) is 18.0 Å². The van der Waals surface area contributed by atoms with Gasteiger partial charge in [0.15, 0.2) is 5.13 Å². The third-order valence-electron chi connectivity index (χ3n) is 5.00. The van der Waals surface area contributed by atoms with E-state index in [1.54, 1.807) is 11.3 Å². The van der Waals surface area contributed by atoms with Gasteiger partial charge in [0, 0.05) is 25.2 Å². The van der Waals surface area contributed by atoms with Crippen LogP contribution >= 0.6 is 11.3 Å². The number of nitro groups is 1. The minimum Gasteiger partial charge on any atom is -0.495 e. The van der Waals surface area contributed by atoms with E-state index < -0.39 is 4.92 Å². The molecule has 1 atom stereocenters. The predicted octanol–water partition coefficient (Wildman–Crippen LogP) is 4.07. The van der Waals surface area contributed by atoms with E-state index in [9.17, 15) is 14.9 Å². The van der Waals surface area contributed by atoms with E-state index in [1.807, 2.05) is 24.3 Å². The number of thiazole rings is 1. The van der Waals surface area contributed by atoms with Crippen molar-refractivity contribution in [1.82, 2.24) is 4.98 Å². The molecule has 0 aliphatic carbocycles. The molecule has 4 rings (SSSR count). The molecule has 1 fully saturated rings. The molecule has 3 aromatic rings. The normalized spacial score (nSPS) is 16.6. The van der Waals surface area contributed by atoms with Crippen molar-refractivity contribution in [1.29, 1.82) is 0 Å². The van der Waals surface area contributed by atoms with Crippen LogP contribution in [-0.4, -0.2) is 36.0 Å². The Balaban J connectivity index is 1.50. The molecule has 1 aliphatic rings. The number of hydrogen-bond acceptors (Lipinski definition) is 7. The molecule has 0 unspecified atom stereocenters. The van der Waals surface area contributed by atoms with Crippen molar-refractivity contribution in [3.63, 3.8) is 0 Å². The van der Waals surface area contributed by atoms with Crippen molar-refractivity contribution in [3.05, 3.63) is 52.6 Å². The number of carbonyl (C=O) groups is 1. The summed E-state index contributed by atoms with van der Waals surface area (Å²) in [4.78, 5) is 30.3. The molecule has 1 aromatic heterocycles. The molecule has 1 saturated heterocycles. The van der Waals surface area contributed by atoms with Gasteiger partial charge >= 0.3 is 0 Å². The number of nitro benzene ring substituents is 1. The van der Waals surface area contributed by atoms with Crippen molar-refractivity contribution in [3.8, 4) is 5.75 Å². The van der Waals surface area contributed by atoms with Crippen molar-refractivity contribution in [2.45, 2.75) is 12.8 Å². The summed E-state index contributed by atoms with van der Waals surface area (Å²) in [5, 5.41) is 14.8. The second-order valence-corrected chi connectivity index (χ2v) is 7.89. The number of nitrogens with one attached hydrogen (secondary N) is 1. The highest BCUT2D eigenvalue weighted by Gasteiger charge is 2.28. The number of hydrogen-bond donors (Lipinski definition) is 1.